The Morgan fingerprint density at radius 3 is 2.31 bits per heavy atom. The molecule has 0 saturated carbocycles. The molecule has 0 saturated heterocycles. The number of rotatable bonds is 7. The molecule has 0 fully saturated rings. The fourth-order valence-corrected chi connectivity index (χ4v) is 2.74. The summed E-state index contributed by atoms with van der Waals surface area (Å²) in [6.45, 7) is 17.5. The van der Waals surface area contributed by atoms with Crippen LogP contribution in [0.2, 0.25) is 0 Å². The van der Waals surface area contributed by atoms with Crippen LogP contribution in [0.4, 0.5) is 0 Å². The van der Waals surface area contributed by atoms with E-state index < -0.39 is 0 Å². The van der Waals surface area contributed by atoms with Crippen molar-refractivity contribution in [3.05, 3.63) is 77.1 Å². The zero-order valence-electron chi connectivity index (χ0n) is 16.7. The Morgan fingerprint density at radius 1 is 1.23 bits per heavy atom. The summed E-state index contributed by atoms with van der Waals surface area (Å²) in [5.41, 5.74) is 12.3. The first-order valence-corrected chi connectivity index (χ1v) is 8.46. The van der Waals surface area contributed by atoms with Crippen molar-refractivity contribution in [1.29, 1.82) is 0 Å². The van der Waals surface area contributed by atoms with Gasteiger partial charge in [0.2, 0.25) is 0 Å². The average Bonchev–Trinajstić information content (AvgIpc) is 2.59. The van der Waals surface area contributed by atoms with E-state index in [2.05, 4.69) is 24.2 Å². The van der Waals surface area contributed by atoms with E-state index >= 15 is 0 Å². The summed E-state index contributed by atoms with van der Waals surface area (Å²) in [7, 11) is 1.66. The van der Waals surface area contributed by atoms with Gasteiger partial charge in [0, 0.05) is 29.1 Å². The van der Waals surface area contributed by atoms with E-state index in [1.54, 1.807) is 13.3 Å². The Balaban J connectivity index is 3.45. The number of hydrogen-bond donors (Lipinski definition) is 1. The van der Waals surface area contributed by atoms with E-state index in [1.807, 2.05) is 53.0 Å². The Morgan fingerprint density at radius 2 is 1.88 bits per heavy atom. The summed E-state index contributed by atoms with van der Waals surface area (Å²) in [5, 5.41) is 0. The third kappa shape index (κ3) is 5.06. The van der Waals surface area contributed by atoms with E-state index in [9.17, 15) is 0 Å². The van der Waals surface area contributed by atoms with Crippen molar-refractivity contribution in [3.8, 4) is 0 Å². The lowest BCUT2D eigenvalue weighted by Crippen LogP contribution is -2.02. The van der Waals surface area contributed by atoms with Crippen LogP contribution < -0.4 is 5.73 Å². The second kappa shape index (κ2) is 9.56. The Hall–Kier alpha value is -2.88. The van der Waals surface area contributed by atoms with Crippen LogP contribution in [-0.2, 0) is 4.74 Å². The summed E-state index contributed by atoms with van der Waals surface area (Å²) in [5.74, 6) is 1.09. The van der Waals surface area contributed by atoms with Crippen molar-refractivity contribution in [3.63, 3.8) is 0 Å². The zero-order valence-corrected chi connectivity index (χ0v) is 16.7. The number of aryl methyl sites for hydroxylation is 1. The van der Waals surface area contributed by atoms with Crippen LogP contribution in [0.5, 0.6) is 0 Å². The maximum absolute atomic E-state index is 5.55. The molecule has 0 radical (unpaired) electrons. The first-order valence-electron chi connectivity index (χ1n) is 8.46. The normalized spacial score (nSPS) is 13.6. The largest absolute Gasteiger partial charge is 0.501 e. The van der Waals surface area contributed by atoms with Crippen molar-refractivity contribution in [2.45, 2.75) is 34.6 Å². The van der Waals surface area contributed by atoms with Crippen molar-refractivity contribution < 1.29 is 4.74 Å². The van der Waals surface area contributed by atoms with E-state index in [0.29, 0.717) is 0 Å². The molecule has 1 rings (SSSR count). The van der Waals surface area contributed by atoms with Gasteiger partial charge in [-0.05, 0) is 57.4 Å². The van der Waals surface area contributed by atoms with E-state index in [1.165, 1.54) is 0 Å². The minimum Gasteiger partial charge on any atom is -0.501 e. The molecule has 138 valence electrons. The summed E-state index contributed by atoms with van der Waals surface area (Å²) in [4.78, 5) is 8.82. The lowest BCUT2D eigenvalue weighted by molar-refractivity contribution is 0.296. The molecule has 0 aromatic carbocycles. The fourth-order valence-electron chi connectivity index (χ4n) is 2.74. The quantitative estimate of drug-likeness (QED) is 0.417. The molecule has 1 aromatic heterocycles. The number of nitrogens with two attached hydrogens (primary N) is 1. The lowest BCUT2D eigenvalue weighted by atomic mass is 9.95. The van der Waals surface area contributed by atoms with Crippen LogP contribution >= 0.6 is 0 Å². The van der Waals surface area contributed by atoms with E-state index in [0.717, 1.165) is 44.9 Å². The van der Waals surface area contributed by atoms with Gasteiger partial charge in [0.05, 0.1) is 12.8 Å². The molecule has 4 heteroatoms. The molecule has 0 aliphatic heterocycles. The first-order chi connectivity index (χ1) is 12.3. The molecule has 0 bridgehead atoms. The summed E-state index contributed by atoms with van der Waals surface area (Å²) in [6.07, 6.45) is 7.56. The van der Waals surface area contributed by atoms with Gasteiger partial charge in [0.25, 0.3) is 0 Å². The van der Waals surface area contributed by atoms with E-state index in [-0.39, 0.29) is 5.82 Å². The fraction of sp³-hybridized carbons (Fsp3) is 0.273. The average molecular weight is 351 g/mol. The smallest absolute Gasteiger partial charge is 0.116 e. The second-order valence-electron chi connectivity index (χ2n) is 6.00. The number of ether oxygens (including phenoxy) is 1. The van der Waals surface area contributed by atoms with Gasteiger partial charge in [-0.15, -0.1) is 0 Å². The highest BCUT2D eigenvalue weighted by molar-refractivity contribution is 6.01. The standard InChI is InChI=1S/C22H29N3O/c1-9-18(12-24-17(7)23)20(10-2)22-15(5)11-19(13-25-22)21(14(3)4)16(6)26-8/h9-13H,3,7,23H2,1-2,4-6,8H3/b18-9+,20-10-,21-16+,24-12-. The van der Waals surface area contributed by atoms with Crippen LogP contribution in [0.15, 0.2) is 65.3 Å². The molecule has 1 aromatic rings. The Bertz CT molecular complexity index is 824. The maximum Gasteiger partial charge on any atom is 0.116 e. The van der Waals surface area contributed by atoms with Gasteiger partial charge in [-0.2, -0.15) is 0 Å². The van der Waals surface area contributed by atoms with Crippen LogP contribution in [0.25, 0.3) is 11.1 Å². The third-order valence-corrected chi connectivity index (χ3v) is 3.99. The van der Waals surface area contributed by atoms with Gasteiger partial charge in [0.15, 0.2) is 0 Å². The van der Waals surface area contributed by atoms with Gasteiger partial charge in [0.1, 0.15) is 11.6 Å². The highest BCUT2D eigenvalue weighted by Gasteiger charge is 2.14. The predicted molar refractivity (Wildman–Crippen MR) is 113 cm³/mol. The number of allylic oxidation sites excluding steroid dienone is 7. The molecule has 26 heavy (non-hydrogen) atoms. The monoisotopic (exact) mass is 351 g/mol. The van der Waals surface area contributed by atoms with Gasteiger partial charge in [-0.1, -0.05) is 25.3 Å². The molecule has 0 aliphatic carbocycles. The molecule has 0 aliphatic rings. The van der Waals surface area contributed by atoms with Gasteiger partial charge >= 0.3 is 0 Å². The van der Waals surface area contributed by atoms with E-state index in [4.69, 9.17) is 15.5 Å². The second-order valence-corrected chi connectivity index (χ2v) is 6.00. The zero-order chi connectivity index (χ0) is 19.9. The predicted octanol–water partition coefficient (Wildman–Crippen LogP) is 5.19. The van der Waals surface area contributed by atoms with Crippen molar-refractivity contribution in [1.82, 2.24) is 4.98 Å². The number of aromatic nitrogens is 1. The van der Waals surface area contributed by atoms with Crippen molar-refractivity contribution >= 4 is 17.4 Å². The molecule has 0 amide bonds. The first kappa shape index (κ1) is 21.2. The molecule has 2 N–H and O–H groups in total. The van der Waals surface area contributed by atoms with Gasteiger partial charge in [-0.25, -0.2) is 4.99 Å². The van der Waals surface area contributed by atoms with Crippen LogP contribution in [-0.4, -0.2) is 18.3 Å². The molecular formula is C22H29N3O. The highest BCUT2D eigenvalue weighted by atomic mass is 16.5. The number of pyridine rings is 1. The van der Waals surface area contributed by atoms with Crippen LogP contribution in [0.1, 0.15) is 44.5 Å². The maximum atomic E-state index is 5.55. The highest BCUT2D eigenvalue weighted by Crippen LogP contribution is 2.29. The topological polar surface area (TPSA) is 60.5 Å². The molecule has 0 unspecified atom stereocenters. The molecular weight excluding hydrogens is 322 g/mol. The number of aliphatic imine (C=N–C) groups is 1. The number of nitrogens with zero attached hydrogens (tertiary/aromatic N) is 2. The van der Waals surface area contributed by atoms with Gasteiger partial charge in [-0.3, -0.25) is 4.98 Å². The number of methoxy groups -OCH3 is 1. The minimum atomic E-state index is 0.270. The van der Waals surface area contributed by atoms with Crippen LogP contribution in [0.3, 0.4) is 0 Å². The van der Waals surface area contributed by atoms with Crippen molar-refractivity contribution in [2.24, 2.45) is 10.7 Å². The molecule has 4 nitrogen and oxygen atoms in total. The Kier molecular flexibility index (Phi) is 7.78. The molecule has 1 heterocycles. The lowest BCUT2D eigenvalue weighted by Gasteiger charge is -2.15. The summed E-state index contributed by atoms with van der Waals surface area (Å²) >= 11 is 0. The Labute approximate surface area is 157 Å². The van der Waals surface area contributed by atoms with Crippen LogP contribution in [0, 0.1) is 6.92 Å². The molecule has 0 spiro atoms. The minimum absolute atomic E-state index is 0.270. The third-order valence-electron chi connectivity index (χ3n) is 3.99. The SMILES string of the molecule is C=C(N)\N=C/C(=C\C)C(=C/C)/c1ncc(/C(C(=C)C)=C(\C)OC)cc1C. The van der Waals surface area contributed by atoms with Crippen molar-refractivity contribution in [2.75, 3.05) is 7.11 Å². The van der Waals surface area contributed by atoms with Gasteiger partial charge < -0.3 is 10.5 Å². The number of hydrogen-bond acceptors (Lipinski definition) is 4. The summed E-state index contributed by atoms with van der Waals surface area (Å²) in [6, 6.07) is 2.10. The molecule has 0 atom stereocenters. The summed E-state index contributed by atoms with van der Waals surface area (Å²) < 4.78 is 5.41.